The highest BCUT2D eigenvalue weighted by molar-refractivity contribution is 7.89. The van der Waals surface area contributed by atoms with Gasteiger partial charge in [0.15, 0.2) is 0 Å². The third kappa shape index (κ3) is 2.95. The Labute approximate surface area is 104 Å². The quantitative estimate of drug-likeness (QED) is 0.788. The van der Waals surface area contributed by atoms with Crippen LogP contribution in [0.15, 0.2) is 28.0 Å². The van der Waals surface area contributed by atoms with Crippen molar-refractivity contribution in [3.8, 4) is 0 Å². The fourth-order valence-corrected chi connectivity index (χ4v) is 3.01. The van der Waals surface area contributed by atoms with Gasteiger partial charge in [-0.05, 0) is 18.2 Å². The number of hydrogen-bond acceptors (Lipinski definition) is 4. The van der Waals surface area contributed by atoms with Crippen LogP contribution in [0.4, 0.5) is 3.89 Å². The molecule has 9 heteroatoms. The van der Waals surface area contributed by atoms with Gasteiger partial charge in [0, 0.05) is 14.1 Å². The van der Waals surface area contributed by atoms with Crippen molar-refractivity contribution in [2.45, 2.75) is 9.79 Å². The van der Waals surface area contributed by atoms with Crippen molar-refractivity contribution >= 4 is 31.8 Å². The van der Waals surface area contributed by atoms with Crippen LogP contribution in [0.3, 0.4) is 0 Å². The lowest BCUT2D eigenvalue weighted by atomic mass is 10.4. The molecule has 0 aromatic heterocycles. The van der Waals surface area contributed by atoms with E-state index in [0.717, 1.165) is 16.4 Å². The van der Waals surface area contributed by atoms with Crippen molar-refractivity contribution in [2.24, 2.45) is 0 Å². The first-order valence-electron chi connectivity index (χ1n) is 4.23. The Kier molecular flexibility index (Phi) is 3.82. The van der Waals surface area contributed by atoms with E-state index >= 15 is 0 Å². The summed E-state index contributed by atoms with van der Waals surface area (Å²) < 4.78 is 58.6. The topological polar surface area (TPSA) is 71.5 Å². The lowest BCUT2D eigenvalue weighted by Gasteiger charge is -2.12. The Hall–Kier alpha value is -0.700. The maximum Gasteiger partial charge on any atom is 0.333 e. The first-order valence-corrected chi connectivity index (χ1v) is 7.43. The molecule has 0 spiro atoms. The molecule has 0 heterocycles. The molecule has 0 aliphatic rings. The van der Waals surface area contributed by atoms with Gasteiger partial charge in [-0.1, -0.05) is 11.6 Å². The van der Waals surface area contributed by atoms with Crippen LogP contribution in [0.5, 0.6) is 0 Å². The van der Waals surface area contributed by atoms with E-state index in [0.29, 0.717) is 6.07 Å². The number of hydrogen-bond donors (Lipinski definition) is 0. The Balaban J connectivity index is 3.54. The molecule has 0 saturated carbocycles. The standard InChI is InChI=1S/C8H9ClFNO4S2/c1-11(2)17(14,15)6-3-4-7(9)8(5-6)16(10,12)13/h3-5H,1-2H3. The molecule has 0 N–H and O–H groups in total. The second-order valence-corrected chi connectivity index (χ2v) is 7.19. The van der Waals surface area contributed by atoms with E-state index in [1.807, 2.05) is 0 Å². The summed E-state index contributed by atoms with van der Waals surface area (Å²) in [5.74, 6) is 0. The van der Waals surface area contributed by atoms with Gasteiger partial charge in [-0.2, -0.15) is 8.42 Å². The van der Waals surface area contributed by atoms with Crippen molar-refractivity contribution in [3.63, 3.8) is 0 Å². The molecule has 0 saturated heterocycles. The molecule has 0 aliphatic carbocycles. The molecule has 0 amide bonds. The number of halogens is 2. The first-order chi connectivity index (χ1) is 7.56. The molecule has 0 unspecified atom stereocenters. The van der Waals surface area contributed by atoms with Crippen LogP contribution < -0.4 is 0 Å². The number of rotatable bonds is 3. The zero-order valence-corrected chi connectivity index (χ0v) is 11.3. The predicted molar refractivity (Wildman–Crippen MR) is 60.6 cm³/mol. The van der Waals surface area contributed by atoms with E-state index < -0.39 is 25.1 Å². The van der Waals surface area contributed by atoms with Gasteiger partial charge in [0.1, 0.15) is 4.90 Å². The Morgan fingerprint density at radius 3 is 2.12 bits per heavy atom. The van der Waals surface area contributed by atoms with E-state index in [1.165, 1.54) is 14.1 Å². The predicted octanol–water partition coefficient (Wildman–Crippen LogP) is 1.25. The molecule has 1 rings (SSSR count). The SMILES string of the molecule is CN(C)S(=O)(=O)c1ccc(Cl)c(S(=O)(=O)F)c1. The van der Waals surface area contributed by atoms with Gasteiger partial charge >= 0.3 is 10.2 Å². The van der Waals surface area contributed by atoms with E-state index in [-0.39, 0.29) is 9.92 Å². The summed E-state index contributed by atoms with van der Waals surface area (Å²) in [4.78, 5) is -1.20. The molecule has 0 fully saturated rings. The minimum absolute atomic E-state index is 0.344. The van der Waals surface area contributed by atoms with Crippen molar-refractivity contribution in [1.82, 2.24) is 4.31 Å². The molecule has 96 valence electrons. The molecular formula is C8H9ClFNO4S2. The van der Waals surface area contributed by atoms with Gasteiger partial charge in [0.2, 0.25) is 10.0 Å². The van der Waals surface area contributed by atoms with E-state index in [2.05, 4.69) is 0 Å². The van der Waals surface area contributed by atoms with Gasteiger partial charge < -0.3 is 0 Å². The Morgan fingerprint density at radius 2 is 1.71 bits per heavy atom. The number of nitrogens with zero attached hydrogens (tertiary/aromatic N) is 1. The summed E-state index contributed by atoms with van der Waals surface area (Å²) in [7, 11) is -6.35. The van der Waals surface area contributed by atoms with Gasteiger partial charge in [0.05, 0.1) is 9.92 Å². The van der Waals surface area contributed by atoms with Crippen molar-refractivity contribution in [1.29, 1.82) is 0 Å². The molecule has 5 nitrogen and oxygen atoms in total. The summed E-state index contributed by atoms with van der Waals surface area (Å²) in [6.07, 6.45) is 0. The lowest BCUT2D eigenvalue weighted by molar-refractivity contribution is 0.520. The van der Waals surface area contributed by atoms with Gasteiger partial charge in [0.25, 0.3) is 0 Å². The summed E-state index contributed by atoms with van der Waals surface area (Å²) in [6, 6.07) is 2.81. The van der Waals surface area contributed by atoms with E-state index in [4.69, 9.17) is 11.6 Å². The number of benzene rings is 1. The first kappa shape index (κ1) is 14.4. The van der Waals surface area contributed by atoms with Crippen LogP contribution in [0, 0.1) is 0 Å². The molecular weight excluding hydrogens is 293 g/mol. The summed E-state index contributed by atoms with van der Waals surface area (Å²) >= 11 is 5.48. The minimum atomic E-state index is -5.06. The third-order valence-electron chi connectivity index (χ3n) is 1.94. The van der Waals surface area contributed by atoms with Crippen LogP contribution in [-0.4, -0.2) is 35.2 Å². The van der Waals surface area contributed by atoms with Gasteiger partial charge in [-0.25, -0.2) is 12.7 Å². The average molecular weight is 302 g/mol. The highest BCUT2D eigenvalue weighted by Crippen LogP contribution is 2.26. The van der Waals surface area contributed by atoms with Crippen molar-refractivity contribution in [3.05, 3.63) is 23.2 Å². The lowest BCUT2D eigenvalue weighted by Crippen LogP contribution is -2.22. The maximum atomic E-state index is 12.8. The molecule has 1 aromatic carbocycles. The van der Waals surface area contributed by atoms with E-state index in [1.54, 1.807) is 0 Å². The zero-order chi connectivity index (χ0) is 13.4. The van der Waals surface area contributed by atoms with Gasteiger partial charge in [-0.15, -0.1) is 3.89 Å². The fraction of sp³-hybridized carbons (Fsp3) is 0.250. The molecule has 0 radical (unpaired) electrons. The fourth-order valence-electron chi connectivity index (χ4n) is 1.04. The molecule has 0 atom stereocenters. The normalized spacial score (nSPS) is 13.0. The summed E-state index contributed by atoms with van der Waals surface area (Å²) in [5.41, 5.74) is 0. The molecule has 1 aromatic rings. The second kappa shape index (κ2) is 4.52. The van der Waals surface area contributed by atoms with Crippen LogP contribution in [0.25, 0.3) is 0 Å². The van der Waals surface area contributed by atoms with Crippen LogP contribution in [0.2, 0.25) is 5.02 Å². The zero-order valence-electron chi connectivity index (χ0n) is 8.88. The molecule has 0 bridgehead atoms. The van der Waals surface area contributed by atoms with Crippen LogP contribution >= 0.6 is 11.6 Å². The minimum Gasteiger partial charge on any atom is -0.207 e. The average Bonchev–Trinajstić information content (AvgIpc) is 2.15. The van der Waals surface area contributed by atoms with E-state index in [9.17, 15) is 20.7 Å². The van der Waals surface area contributed by atoms with Crippen LogP contribution in [-0.2, 0) is 20.2 Å². The molecule has 0 aliphatic heterocycles. The van der Waals surface area contributed by atoms with Crippen molar-refractivity contribution < 1.29 is 20.7 Å². The smallest absolute Gasteiger partial charge is 0.207 e. The summed E-state index contributed by atoms with van der Waals surface area (Å²) in [5, 5.41) is -0.370. The highest BCUT2D eigenvalue weighted by atomic mass is 35.5. The Bertz CT molecular complexity index is 639. The third-order valence-corrected chi connectivity index (χ3v) is 5.06. The Morgan fingerprint density at radius 1 is 1.18 bits per heavy atom. The summed E-state index contributed by atoms with van der Waals surface area (Å²) in [6.45, 7) is 0. The number of sulfonamides is 1. The largest absolute Gasteiger partial charge is 0.333 e. The maximum absolute atomic E-state index is 12.8. The highest BCUT2D eigenvalue weighted by Gasteiger charge is 2.23. The van der Waals surface area contributed by atoms with Crippen molar-refractivity contribution in [2.75, 3.05) is 14.1 Å². The van der Waals surface area contributed by atoms with Gasteiger partial charge in [-0.3, -0.25) is 0 Å². The monoisotopic (exact) mass is 301 g/mol. The second-order valence-electron chi connectivity index (χ2n) is 3.32. The van der Waals surface area contributed by atoms with Crippen LogP contribution in [0.1, 0.15) is 0 Å². The molecule has 17 heavy (non-hydrogen) atoms.